The summed E-state index contributed by atoms with van der Waals surface area (Å²) in [6.45, 7) is 3.88. The molecule has 3 amide bonds. The maximum Gasteiger partial charge on any atom is 0.243 e. The highest BCUT2D eigenvalue weighted by Crippen LogP contribution is 2.08. The van der Waals surface area contributed by atoms with Crippen LogP contribution in [-0.4, -0.2) is 35.8 Å². The van der Waals surface area contributed by atoms with Gasteiger partial charge in [-0.1, -0.05) is 74.5 Å². The van der Waals surface area contributed by atoms with Gasteiger partial charge in [-0.05, 0) is 29.9 Å². The molecule has 0 aliphatic heterocycles. The van der Waals surface area contributed by atoms with Crippen molar-refractivity contribution in [3.63, 3.8) is 0 Å². The molecule has 1 unspecified atom stereocenters. The van der Waals surface area contributed by atoms with E-state index >= 15 is 0 Å². The summed E-state index contributed by atoms with van der Waals surface area (Å²) in [6, 6.07) is 16.3. The van der Waals surface area contributed by atoms with Crippen LogP contribution in [0.5, 0.6) is 0 Å². The predicted molar refractivity (Wildman–Crippen MR) is 121 cm³/mol. The van der Waals surface area contributed by atoms with Crippen molar-refractivity contribution >= 4 is 17.7 Å². The predicted octanol–water partition coefficient (Wildman–Crippen LogP) is 1.30. The zero-order valence-corrected chi connectivity index (χ0v) is 18.1. The summed E-state index contributed by atoms with van der Waals surface area (Å²) in [7, 11) is 0. The van der Waals surface area contributed by atoms with Crippen molar-refractivity contribution in [3.05, 3.63) is 71.8 Å². The largest absolute Gasteiger partial charge is 0.368 e. The first-order chi connectivity index (χ1) is 14.8. The molecule has 0 heterocycles. The minimum Gasteiger partial charge on any atom is -0.368 e. The van der Waals surface area contributed by atoms with Crippen LogP contribution in [0.3, 0.4) is 0 Å². The summed E-state index contributed by atoms with van der Waals surface area (Å²) >= 11 is 0. The number of primary amides is 1. The molecule has 0 aliphatic rings. The number of nitrogens with two attached hydrogens (primary N) is 2. The molecule has 0 fully saturated rings. The van der Waals surface area contributed by atoms with Crippen LogP contribution in [0.1, 0.15) is 31.4 Å². The van der Waals surface area contributed by atoms with Gasteiger partial charge in [0.05, 0.1) is 6.04 Å². The molecule has 0 spiro atoms. The van der Waals surface area contributed by atoms with E-state index < -0.39 is 35.8 Å². The Morgan fingerprint density at radius 2 is 1.26 bits per heavy atom. The van der Waals surface area contributed by atoms with E-state index in [-0.39, 0.29) is 12.3 Å². The highest BCUT2D eigenvalue weighted by molar-refractivity contribution is 5.92. The van der Waals surface area contributed by atoms with Crippen molar-refractivity contribution in [3.8, 4) is 0 Å². The van der Waals surface area contributed by atoms with Gasteiger partial charge in [-0.25, -0.2) is 0 Å². The number of hydrogen-bond donors (Lipinski definition) is 4. The number of carbonyl (C=O) groups excluding carboxylic acids is 3. The molecule has 0 aromatic heterocycles. The molecule has 0 radical (unpaired) electrons. The van der Waals surface area contributed by atoms with Gasteiger partial charge in [0.25, 0.3) is 0 Å². The second-order valence-electron chi connectivity index (χ2n) is 8.14. The average Bonchev–Trinajstić information content (AvgIpc) is 2.73. The Hall–Kier alpha value is -3.19. The van der Waals surface area contributed by atoms with Gasteiger partial charge in [-0.2, -0.15) is 0 Å². The van der Waals surface area contributed by atoms with Crippen molar-refractivity contribution in [2.45, 2.75) is 51.2 Å². The smallest absolute Gasteiger partial charge is 0.243 e. The van der Waals surface area contributed by atoms with E-state index in [2.05, 4.69) is 10.6 Å². The van der Waals surface area contributed by atoms with Crippen molar-refractivity contribution in [2.75, 3.05) is 0 Å². The molecule has 31 heavy (non-hydrogen) atoms. The Morgan fingerprint density at radius 1 is 0.774 bits per heavy atom. The Bertz CT molecular complexity index is 856. The standard InChI is InChI=1S/C24H32N4O3/c1-16(2)13-20(22(26)29)27-24(31)21(15-18-11-7-4-8-12-18)28-23(30)19(25)14-17-9-5-3-6-10-17/h3-12,16,19-21H,13-15,25H2,1-2H3,(H2,26,29)(H,27,31)(H,28,30)/t19-,20?,21-/m1/s1. The monoisotopic (exact) mass is 424 g/mol. The molecule has 0 aliphatic carbocycles. The summed E-state index contributed by atoms with van der Waals surface area (Å²) < 4.78 is 0. The molecule has 2 rings (SSSR count). The van der Waals surface area contributed by atoms with Gasteiger partial charge < -0.3 is 22.1 Å². The zero-order chi connectivity index (χ0) is 22.8. The summed E-state index contributed by atoms with van der Waals surface area (Å²) in [4.78, 5) is 37.5. The molecule has 2 aromatic carbocycles. The highest BCUT2D eigenvalue weighted by Gasteiger charge is 2.28. The summed E-state index contributed by atoms with van der Waals surface area (Å²) in [5.41, 5.74) is 13.4. The third kappa shape index (κ3) is 8.22. The third-order valence-corrected chi connectivity index (χ3v) is 4.92. The maximum absolute atomic E-state index is 13.0. The van der Waals surface area contributed by atoms with Crippen LogP contribution in [0, 0.1) is 5.92 Å². The molecule has 6 N–H and O–H groups in total. The van der Waals surface area contributed by atoms with Crippen LogP contribution in [0.4, 0.5) is 0 Å². The second kappa shape index (κ2) is 11.9. The summed E-state index contributed by atoms with van der Waals surface area (Å²) in [5, 5.41) is 5.45. The van der Waals surface area contributed by atoms with Gasteiger partial charge in [0.15, 0.2) is 0 Å². The fourth-order valence-electron chi connectivity index (χ4n) is 3.29. The van der Waals surface area contributed by atoms with Gasteiger partial charge >= 0.3 is 0 Å². The molecule has 7 nitrogen and oxygen atoms in total. The average molecular weight is 425 g/mol. The molecular formula is C24H32N4O3. The minimum atomic E-state index is -0.884. The van der Waals surface area contributed by atoms with E-state index in [0.29, 0.717) is 12.8 Å². The number of amides is 3. The van der Waals surface area contributed by atoms with E-state index in [4.69, 9.17) is 11.5 Å². The second-order valence-corrected chi connectivity index (χ2v) is 8.14. The van der Waals surface area contributed by atoms with Gasteiger partial charge in [-0.15, -0.1) is 0 Å². The molecule has 0 saturated carbocycles. The van der Waals surface area contributed by atoms with E-state index in [9.17, 15) is 14.4 Å². The normalized spacial score (nSPS) is 13.8. The van der Waals surface area contributed by atoms with Crippen LogP contribution in [0.2, 0.25) is 0 Å². The summed E-state index contributed by atoms with van der Waals surface area (Å²) in [5.74, 6) is -1.33. The Kier molecular flexibility index (Phi) is 9.21. The number of rotatable bonds is 11. The molecular weight excluding hydrogens is 392 g/mol. The number of carbonyl (C=O) groups is 3. The van der Waals surface area contributed by atoms with Gasteiger partial charge in [0.2, 0.25) is 17.7 Å². The first kappa shape index (κ1) is 24.1. The van der Waals surface area contributed by atoms with E-state index in [0.717, 1.165) is 11.1 Å². The number of benzene rings is 2. The van der Waals surface area contributed by atoms with E-state index in [1.54, 1.807) is 0 Å². The van der Waals surface area contributed by atoms with Crippen molar-refractivity contribution in [2.24, 2.45) is 17.4 Å². The van der Waals surface area contributed by atoms with E-state index in [1.165, 1.54) is 0 Å². The fourth-order valence-corrected chi connectivity index (χ4v) is 3.29. The van der Waals surface area contributed by atoms with Crippen molar-refractivity contribution in [1.29, 1.82) is 0 Å². The maximum atomic E-state index is 13.0. The van der Waals surface area contributed by atoms with Crippen LogP contribution < -0.4 is 22.1 Å². The fraction of sp³-hybridized carbons (Fsp3) is 0.375. The lowest BCUT2D eigenvalue weighted by Gasteiger charge is -2.24. The molecule has 0 bridgehead atoms. The van der Waals surface area contributed by atoms with Crippen LogP contribution in [0.15, 0.2) is 60.7 Å². The van der Waals surface area contributed by atoms with Crippen LogP contribution in [-0.2, 0) is 27.2 Å². The lowest BCUT2D eigenvalue weighted by Crippen LogP contribution is -2.56. The van der Waals surface area contributed by atoms with Crippen molar-refractivity contribution < 1.29 is 14.4 Å². The quantitative estimate of drug-likeness (QED) is 0.433. The van der Waals surface area contributed by atoms with Crippen LogP contribution >= 0.6 is 0 Å². The summed E-state index contributed by atoms with van der Waals surface area (Å²) in [6.07, 6.45) is 1.04. The molecule has 7 heteroatoms. The zero-order valence-electron chi connectivity index (χ0n) is 18.1. The van der Waals surface area contributed by atoms with Gasteiger partial charge in [0.1, 0.15) is 12.1 Å². The topological polar surface area (TPSA) is 127 Å². The Balaban J connectivity index is 2.12. The lowest BCUT2D eigenvalue weighted by atomic mass is 10.0. The van der Waals surface area contributed by atoms with Crippen molar-refractivity contribution in [1.82, 2.24) is 10.6 Å². The van der Waals surface area contributed by atoms with E-state index in [1.807, 2.05) is 74.5 Å². The highest BCUT2D eigenvalue weighted by atomic mass is 16.2. The Morgan fingerprint density at radius 3 is 1.74 bits per heavy atom. The van der Waals surface area contributed by atoms with Crippen LogP contribution in [0.25, 0.3) is 0 Å². The molecule has 3 atom stereocenters. The third-order valence-electron chi connectivity index (χ3n) is 4.92. The number of hydrogen-bond acceptors (Lipinski definition) is 4. The van der Waals surface area contributed by atoms with Gasteiger partial charge in [0, 0.05) is 6.42 Å². The molecule has 2 aromatic rings. The first-order valence-corrected chi connectivity index (χ1v) is 10.5. The first-order valence-electron chi connectivity index (χ1n) is 10.5. The Labute approximate surface area is 183 Å². The van der Waals surface area contributed by atoms with Gasteiger partial charge in [-0.3, -0.25) is 14.4 Å². The molecule has 0 saturated heterocycles. The number of nitrogens with one attached hydrogen (secondary N) is 2. The SMILES string of the molecule is CC(C)CC(NC(=O)[C@@H](Cc1ccccc1)NC(=O)[C@H](N)Cc1ccccc1)C(N)=O. The molecule has 166 valence electrons. The lowest BCUT2D eigenvalue weighted by molar-refractivity contribution is -0.131. The minimum absolute atomic E-state index is 0.166.